The molecule has 1 aromatic carbocycles. The Labute approximate surface area is 91.0 Å². The maximum absolute atomic E-state index is 10.7. The first-order chi connectivity index (χ1) is 7.25. The Morgan fingerprint density at radius 1 is 1.47 bits per heavy atom. The first kappa shape index (κ1) is 9.86. The van der Waals surface area contributed by atoms with Crippen molar-refractivity contribution in [2.75, 3.05) is 0 Å². The molecule has 2 aromatic rings. The molecule has 0 atom stereocenters. The molecule has 1 heterocycles. The second-order valence-corrected chi connectivity index (χ2v) is 4.09. The Bertz CT molecular complexity index is 465. The molecule has 0 spiro atoms. The van der Waals surface area contributed by atoms with E-state index in [9.17, 15) is 4.79 Å². The quantitative estimate of drug-likeness (QED) is 0.862. The summed E-state index contributed by atoms with van der Waals surface area (Å²) >= 11 is 1.57. The van der Waals surface area contributed by atoms with E-state index in [-0.39, 0.29) is 0 Å². The Kier molecular flexibility index (Phi) is 2.78. The van der Waals surface area contributed by atoms with Gasteiger partial charge in [-0.25, -0.2) is 9.78 Å². The maximum atomic E-state index is 10.7. The van der Waals surface area contributed by atoms with Gasteiger partial charge in [0, 0.05) is 18.0 Å². The van der Waals surface area contributed by atoms with Crippen LogP contribution in [0.1, 0.15) is 20.9 Å². The lowest BCUT2D eigenvalue weighted by Gasteiger charge is -1.99. The van der Waals surface area contributed by atoms with Gasteiger partial charge in [-0.1, -0.05) is 12.1 Å². The van der Waals surface area contributed by atoms with Crippen molar-refractivity contribution in [2.24, 2.45) is 0 Å². The number of hydrogen-bond donors (Lipinski definition) is 1. The van der Waals surface area contributed by atoms with E-state index in [0.717, 1.165) is 10.6 Å². The minimum atomic E-state index is -0.893. The number of aromatic nitrogens is 1. The number of rotatable bonds is 3. The van der Waals surface area contributed by atoms with Crippen molar-refractivity contribution in [3.8, 4) is 0 Å². The first-order valence-electron chi connectivity index (χ1n) is 4.46. The molecule has 0 saturated carbocycles. The Morgan fingerprint density at radius 2 is 2.33 bits per heavy atom. The minimum absolute atomic E-state index is 0.323. The van der Waals surface area contributed by atoms with Gasteiger partial charge in [-0.15, -0.1) is 11.3 Å². The number of carboxylic acid groups (broad SMARTS) is 1. The highest BCUT2D eigenvalue weighted by atomic mass is 32.1. The van der Waals surface area contributed by atoms with Crippen LogP contribution in [0.3, 0.4) is 0 Å². The average molecular weight is 219 g/mol. The Hall–Kier alpha value is -1.68. The topological polar surface area (TPSA) is 50.2 Å². The van der Waals surface area contributed by atoms with Crippen LogP contribution < -0.4 is 0 Å². The third kappa shape index (κ3) is 2.41. The summed E-state index contributed by atoms with van der Waals surface area (Å²) in [4.78, 5) is 14.9. The van der Waals surface area contributed by atoms with E-state index in [1.165, 1.54) is 0 Å². The van der Waals surface area contributed by atoms with Crippen LogP contribution in [0.15, 0.2) is 35.8 Å². The van der Waals surface area contributed by atoms with Gasteiger partial charge in [-0.2, -0.15) is 0 Å². The predicted molar refractivity (Wildman–Crippen MR) is 58.3 cm³/mol. The zero-order valence-electron chi connectivity index (χ0n) is 7.88. The molecule has 0 fully saturated rings. The fourth-order valence-corrected chi connectivity index (χ4v) is 1.98. The van der Waals surface area contributed by atoms with E-state index in [1.807, 2.05) is 11.4 Å². The van der Waals surface area contributed by atoms with Crippen molar-refractivity contribution >= 4 is 17.3 Å². The zero-order valence-corrected chi connectivity index (χ0v) is 8.70. The van der Waals surface area contributed by atoms with Crippen LogP contribution in [-0.4, -0.2) is 16.1 Å². The molecular weight excluding hydrogens is 210 g/mol. The van der Waals surface area contributed by atoms with Crippen molar-refractivity contribution in [3.05, 3.63) is 52.0 Å². The van der Waals surface area contributed by atoms with Crippen LogP contribution in [0.25, 0.3) is 0 Å². The normalized spacial score (nSPS) is 10.1. The van der Waals surface area contributed by atoms with E-state index in [2.05, 4.69) is 4.98 Å². The van der Waals surface area contributed by atoms with Gasteiger partial charge >= 0.3 is 5.97 Å². The molecule has 1 N–H and O–H groups in total. The highest BCUT2D eigenvalue weighted by molar-refractivity contribution is 7.09. The summed E-state index contributed by atoms with van der Waals surface area (Å²) in [6, 6.07) is 6.94. The summed E-state index contributed by atoms with van der Waals surface area (Å²) in [5.41, 5.74) is 1.30. The standard InChI is InChI=1S/C11H9NO2S/c13-11(14)9-3-1-2-8(6-9)7-10-12-4-5-15-10/h1-6H,7H2,(H,13,14). The minimum Gasteiger partial charge on any atom is -0.478 e. The van der Waals surface area contributed by atoms with Gasteiger partial charge in [0.2, 0.25) is 0 Å². The molecule has 4 heteroatoms. The monoisotopic (exact) mass is 219 g/mol. The fraction of sp³-hybridized carbons (Fsp3) is 0.0909. The van der Waals surface area contributed by atoms with Crippen LogP contribution in [0, 0.1) is 0 Å². The molecule has 0 aliphatic carbocycles. The van der Waals surface area contributed by atoms with Crippen molar-refractivity contribution in [1.29, 1.82) is 0 Å². The van der Waals surface area contributed by atoms with Crippen LogP contribution in [0.2, 0.25) is 0 Å². The van der Waals surface area contributed by atoms with E-state index in [0.29, 0.717) is 12.0 Å². The summed E-state index contributed by atoms with van der Waals surface area (Å²) in [5, 5.41) is 11.7. The maximum Gasteiger partial charge on any atom is 0.335 e. The number of hydrogen-bond acceptors (Lipinski definition) is 3. The largest absolute Gasteiger partial charge is 0.478 e. The lowest BCUT2D eigenvalue weighted by Crippen LogP contribution is -1.97. The second kappa shape index (κ2) is 4.23. The van der Waals surface area contributed by atoms with Crippen molar-refractivity contribution < 1.29 is 9.90 Å². The van der Waals surface area contributed by atoms with Gasteiger partial charge in [0.05, 0.1) is 10.6 Å². The number of thiazole rings is 1. The van der Waals surface area contributed by atoms with Gasteiger partial charge in [0.25, 0.3) is 0 Å². The summed E-state index contributed by atoms with van der Waals surface area (Å²) in [6.45, 7) is 0. The summed E-state index contributed by atoms with van der Waals surface area (Å²) < 4.78 is 0. The molecule has 2 rings (SSSR count). The molecule has 1 aromatic heterocycles. The van der Waals surface area contributed by atoms with Crippen molar-refractivity contribution in [2.45, 2.75) is 6.42 Å². The van der Waals surface area contributed by atoms with Gasteiger partial charge in [0.1, 0.15) is 0 Å². The number of carbonyl (C=O) groups is 1. The van der Waals surface area contributed by atoms with Crippen LogP contribution in [0.4, 0.5) is 0 Å². The SMILES string of the molecule is O=C(O)c1cccc(Cc2nccs2)c1. The van der Waals surface area contributed by atoms with Gasteiger partial charge in [-0.3, -0.25) is 0 Å². The smallest absolute Gasteiger partial charge is 0.335 e. The highest BCUT2D eigenvalue weighted by Crippen LogP contribution is 2.13. The van der Waals surface area contributed by atoms with E-state index in [4.69, 9.17) is 5.11 Å². The number of nitrogens with zero attached hydrogens (tertiary/aromatic N) is 1. The molecule has 15 heavy (non-hydrogen) atoms. The van der Waals surface area contributed by atoms with Crippen molar-refractivity contribution in [3.63, 3.8) is 0 Å². The molecule has 0 amide bonds. The fourth-order valence-electron chi connectivity index (χ4n) is 1.33. The van der Waals surface area contributed by atoms with Gasteiger partial charge in [0.15, 0.2) is 0 Å². The summed E-state index contributed by atoms with van der Waals surface area (Å²) in [6.07, 6.45) is 2.44. The van der Waals surface area contributed by atoms with E-state index in [1.54, 1.807) is 35.7 Å². The average Bonchev–Trinajstić information content (AvgIpc) is 2.71. The van der Waals surface area contributed by atoms with Gasteiger partial charge < -0.3 is 5.11 Å². The third-order valence-electron chi connectivity index (χ3n) is 2.01. The van der Waals surface area contributed by atoms with E-state index < -0.39 is 5.97 Å². The van der Waals surface area contributed by atoms with Crippen LogP contribution >= 0.6 is 11.3 Å². The molecule has 0 unspecified atom stereocenters. The molecule has 0 saturated heterocycles. The van der Waals surface area contributed by atoms with E-state index >= 15 is 0 Å². The predicted octanol–water partition coefficient (Wildman–Crippen LogP) is 2.43. The molecule has 0 bridgehead atoms. The number of carboxylic acids is 1. The molecule has 0 aliphatic heterocycles. The summed E-state index contributed by atoms with van der Waals surface area (Å²) in [7, 11) is 0. The zero-order chi connectivity index (χ0) is 10.7. The first-order valence-corrected chi connectivity index (χ1v) is 5.34. The number of benzene rings is 1. The second-order valence-electron chi connectivity index (χ2n) is 3.11. The Balaban J connectivity index is 2.22. The lowest BCUT2D eigenvalue weighted by atomic mass is 10.1. The number of aromatic carboxylic acids is 1. The molecule has 76 valence electrons. The third-order valence-corrected chi connectivity index (χ3v) is 2.79. The highest BCUT2D eigenvalue weighted by Gasteiger charge is 2.04. The van der Waals surface area contributed by atoms with Crippen molar-refractivity contribution in [1.82, 2.24) is 4.98 Å². The molecular formula is C11H9NO2S. The molecule has 3 nitrogen and oxygen atoms in total. The van der Waals surface area contributed by atoms with Crippen LogP contribution in [0.5, 0.6) is 0 Å². The van der Waals surface area contributed by atoms with Crippen LogP contribution in [-0.2, 0) is 6.42 Å². The van der Waals surface area contributed by atoms with Gasteiger partial charge in [-0.05, 0) is 17.7 Å². The summed E-state index contributed by atoms with van der Waals surface area (Å²) in [5.74, 6) is -0.893. The lowest BCUT2D eigenvalue weighted by molar-refractivity contribution is 0.0697. The Morgan fingerprint density at radius 3 is 3.00 bits per heavy atom. The molecule has 0 radical (unpaired) electrons. The molecule has 0 aliphatic rings.